The number of thiophene rings is 3. The summed E-state index contributed by atoms with van der Waals surface area (Å²) in [6.07, 6.45) is 0. The van der Waals surface area contributed by atoms with Crippen LogP contribution in [0.15, 0.2) is 64.9 Å². The summed E-state index contributed by atoms with van der Waals surface area (Å²) in [5, 5.41) is 2.05. The fourth-order valence-electron chi connectivity index (χ4n) is 4.45. The van der Waals surface area contributed by atoms with Crippen molar-refractivity contribution in [1.82, 2.24) is 0 Å². The summed E-state index contributed by atoms with van der Waals surface area (Å²) in [6, 6.07) is 17.8. The Labute approximate surface area is 254 Å². The van der Waals surface area contributed by atoms with Crippen LogP contribution in [0.25, 0.3) is 20.2 Å². The maximum absolute atomic E-state index is 6.41. The van der Waals surface area contributed by atoms with Gasteiger partial charge in [-0.05, 0) is 59.2 Å². The van der Waals surface area contributed by atoms with E-state index in [0.717, 1.165) is 63.2 Å². The zero-order chi connectivity index (χ0) is 27.8. The van der Waals surface area contributed by atoms with Crippen LogP contribution in [0.3, 0.4) is 0 Å². The van der Waals surface area contributed by atoms with Gasteiger partial charge in [0.2, 0.25) is 0 Å². The monoisotopic (exact) mass is 611 g/mol. The molecule has 5 nitrogen and oxygen atoms in total. The van der Waals surface area contributed by atoms with Gasteiger partial charge in [0.1, 0.15) is 36.2 Å². The largest absolute Gasteiger partial charge is 0.485 e. The molecule has 0 spiro atoms. The van der Waals surface area contributed by atoms with Crippen LogP contribution in [0.5, 0.6) is 23.0 Å². The second-order valence-electron chi connectivity index (χ2n) is 9.06. The molecule has 0 saturated carbocycles. The van der Waals surface area contributed by atoms with Crippen LogP contribution in [0, 0.1) is 23.7 Å². The molecule has 3 aromatic heterocycles. The topological polar surface area (TPSA) is 62.9 Å². The van der Waals surface area contributed by atoms with E-state index in [4.69, 9.17) is 24.7 Å². The maximum atomic E-state index is 6.41. The van der Waals surface area contributed by atoms with Crippen molar-refractivity contribution in [2.75, 3.05) is 32.2 Å². The van der Waals surface area contributed by atoms with E-state index in [2.05, 4.69) is 47.8 Å². The molecule has 5 aromatic rings. The van der Waals surface area contributed by atoms with Crippen molar-refractivity contribution >= 4 is 52.3 Å². The quantitative estimate of drug-likeness (QED) is 0.124. The molecule has 41 heavy (non-hydrogen) atoms. The zero-order valence-electron chi connectivity index (χ0n) is 21.5. The molecule has 2 aromatic carbocycles. The van der Waals surface area contributed by atoms with Crippen LogP contribution < -0.4 is 24.7 Å². The number of anilines is 1. The fourth-order valence-corrected chi connectivity index (χ4v) is 7.54. The Hall–Kier alpha value is -3.99. The third kappa shape index (κ3) is 5.14. The van der Waals surface area contributed by atoms with Gasteiger partial charge in [0.25, 0.3) is 0 Å². The van der Waals surface area contributed by atoms with E-state index < -0.39 is 0 Å². The first-order chi connectivity index (χ1) is 20.1. The Kier molecular flexibility index (Phi) is 7.03. The third-order valence-corrected chi connectivity index (χ3v) is 9.89. The van der Waals surface area contributed by atoms with Crippen molar-refractivity contribution in [3.8, 4) is 66.9 Å². The normalized spacial score (nSPS) is 13.1. The van der Waals surface area contributed by atoms with Gasteiger partial charge in [0, 0.05) is 26.6 Å². The van der Waals surface area contributed by atoms with Crippen LogP contribution in [0.4, 0.5) is 5.69 Å². The van der Waals surface area contributed by atoms with Crippen LogP contribution in [0.2, 0.25) is 0 Å². The summed E-state index contributed by atoms with van der Waals surface area (Å²) in [5.74, 6) is 15.9. The molecule has 9 heteroatoms. The number of nitrogen functional groups attached to an aromatic ring is 1. The lowest BCUT2D eigenvalue weighted by molar-refractivity contribution is 0.174. The number of hydrogen-bond donors (Lipinski definition) is 2. The van der Waals surface area contributed by atoms with Crippen LogP contribution in [-0.4, -0.2) is 26.4 Å². The Balaban J connectivity index is 1.17. The summed E-state index contributed by atoms with van der Waals surface area (Å²) >= 11 is 9.20. The molecule has 0 fully saturated rings. The van der Waals surface area contributed by atoms with Gasteiger partial charge in [-0.15, -0.1) is 46.6 Å². The molecule has 0 unspecified atom stereocenters. The molecule has 0 saturated heterocycles. The molecule has 0 amide bonds. The van der Waals surface area contributed by atoms with Crippen molar-refractivity contribution in [1.29, 1.82) is 0 Å². The van der Waals surface area contributed by atoms with E-state index in [0.29, 0.717) is 37.9 Å². The lowest BCUT2D eigenvalue weighted by Gasteiger charge is -2.16. The molecular weight excluding hydrogens is 591 g/mol. The summed E-state index contributed by atoms with van der Waals surface area (Å²) in [6.45, 7) is 2.04. The predicted octanol–water partition coefficient (Wildman–Crippen LogP) is 7.42. The summed E-state index contributed by atoms with van der Waals surface area (Å²) in [4.78, 5) is 5.73. The number of ether oxygens (including phenoxy) is 4. The highest BCUT2D eigenvalue weighted by atomic mass is 32.1. The average Bonchev–Trinajstić information content (AvgIpc) is 3.74. The van der Waals surface area contributed by atoms with Gasteiger partial charge in [-0.3, -0.25) is 0 Å². The van der Waals surface area contributed by atoms with Crippen molar-refractivity contribution in [3.63, 3.8) is 0 Å². The number of benzene rings is 2. The average molecular weight is 612 g/mol. The highest BCUT2D eigenvalue weighted by molar-refractivity contribution is 7.80. The molecule has 0 radical (unpaired) electrons. The highest BCUT2D eigenvalue weighted by Gasteiger charge is 2.26. The lowest BCUT2D eigenvalue weighted by Crippen LogP contribution is -2.15. The molecule has 0 aliphatic carbocycles. The van der Waals surface area contributed by atoms with Crippen LogP contribution in [-0.2, 0) is 0 Å². The van der Waals surface area contributed by atoms with Crippen molar-refractivity contribution in [2.24, 2.45) is 0 Å². The van der Waals surface area contributed by atoms with Gasteiger partial charge in [0.05, 0.1) is 9.75 Å². The molecule has 2 aliphatic heterocycles. The summed E-state index contributed by atoms with van der Waals surface area (Å²) in [7, 11) is 0. The Morgan fingerprint density at radius 1 is 0.683 bits per heavy atom. The Morgan fingerprint density at radius 2 is 1.32 bits per heavy atom. The third-order valence-electron chi connectivity index (χ3n) is 6.35. The van der Waals surface area contributed by atoms with Crippen LogP contribution in [0.1, 0.15) is 20.9 Å². The van der Waals surface area contributed by atoms with E-state index in [1.807, 2.05) is 48.5 Å². The van der Waals surface area contributed by atoms with E-state index in [1.54, 1.807) is 34.0 Å². The van der Waals surface area contributed by atoms with E-state index in [-0.39, 0.29) is 0 Å². The van der Waals surface area contributed by atoms with Crippen molar-refractivity contribution < 1.29 is 18.9 Å². The van der Waals surface area contributed by atoms with Gasteiger partial charge >= 0.3 is 0 Å². The maximum Gasteiger partial charge on any atom is 0.188 e. The molecular formula is C32H21NO4S4. The van der Waals surface area contributed by atoms with Gasteiger partial charge in [0.15, 0.2) is 23.0 Å². The number of nitrogens with two attached hydrogens (primary N) is 1. The molecule has 2 N–H and O–H groups in total. The molecule has 0 bridgehead atoms. The molecule has 7 rings (SSSR count). The van der Waals surface area contributed by atoms with Gasteiger partial charge in [-0.1, -0.05) is 30.0 Å². The predicted molar refractivity (Wildman–Crippen MR) is 169 cm³/mol. The van der Waals surface area contributed by atoms with Gasteiger partial charge < -0.3 is 24.7 Å². The first-order valence-electron chi connectivity index (χ1n) is 12.8. The molecule has 5 heterocycles. The second kappa shape index (κ2) is 11.1. The molecule has 2 aliphatic rings. The van der Waals surface area contributed by atoms with Gasteiger partial charge in [-0.2, -0.15) is 0 Å². The smallest absolute Gasteiger partial charge is 0.188 e. The molecule has 202 valence electrons. The second-order valence-corrected chi connectivity index (χ2v) is 12.6. The summed E-state index contributed by atoms with van der Waals surface area (Å²) in [5.41, 5.74) is 9.53. The molecule has 0 atom stereocenters. The highest BCUT2D eigenvalue weighted by Crippen LogP contribution is 2.50. The standard InChI is InChI=1S/C32H21NO4S4/c33-23-18-19(4-11-24-28-30(37-16-14-35-28)32(41-24)26-2-1-17-39-26)3-5-20(23)8-12-25-27-29(36-15-13-34-27)31(40-25)21-6-9-22(38)10-7-21/h1-3,5-7,9-10,17-18,38H,13-16,33H2. The first kappa shape index (κ1) is 25.9. The Morgan fingerprint density at radius 3 is 1.98 bits per heavy atom. The number of rotatable bonds is 2. The fraction of sp³-hybridized carbons (Fsp3) is 0.125. The van der Waals surface area contributed by atoms with Crippen molar-refractivity contribution in [2.45, 2.75) is 4.90 Å². The minimum Gasteiger partial charge on any atom is -0.485 e. The number of thiol groups is 1. The van der Waals surface area contributed by atoms with Crippen LogP contribution >= 0.6 is 46.6 Å². The minimum absolute atomic E-state index is 0.488. The number of hydrogen-bond acceptors (Lipinski definition) is 9. The zero-order valence-corrected chi connectivity index (χ0v) is 24.8. The van der Waals surface area contributed by atoms with E-state index >= 15 is 0 Å². The minimum atomic E-state index is 0.488. The SMILES string of the molecule is Nc1cc(C#Cc2sc(-c3cccs3)c3c2OCCO3)ccc1C#Cc1sc(-c2ccc(S)cc2)c2c1OCCO2. The summed E-state index contributed by atoms with van der Waals surface area (Å²) < 4.78 is 23.8. The Bertz CT molecular complexity index is 1880. The number of fused-ring (bicyclic) bond motifs is 2. The van der Waals surface area contributed by atoms with Gasteiger partial charge in [-0.25, -0.2) is 0 Å². The van der Waals surface area contributed by atoms with Crippen molar-refractivity contribution in [3.05, 3.63) is 80.9 Å². The first-order valence-corrected chi connectivity index (χ1v) is 15.7. The lowest BCUT2D eigenvalue weighted by atomic mass is 10.1. The van der Waals surface area contributed by atoms with E-state index in [1.165, 1.54) is 0 Å². The van der Waals surface area contributed by atoms with E-state index in [9.17, 15) is 0 Å².